The number of nitrogens with zero attached hydrogens (tertiary/aromatic N) is 1. The topological polar surface area (TPSA) is 44.0 Å². The van der Waals surface area contributed by atoms with Crippen LogP contribution in [0.25, 0.3) is 10.1 Å². The smallest absolute Gasteiger partial charge is 0.172 e. The lowest BCUT2D eigenvalue weighted by molar-refractivity contribution is 0.491. The lowest BCUT2D eigenvalue weighted by Crippen LogP contribution is -1.81. The molecule has 14 heavy (non-hydrogen) atoms. The van der Waals surface area contributed by atoms with Crippen LogP contribution >= 0.6 is 27.3 Å². The van der Waals surface area contributed by atoms with Gasteiger partial charge in [-0.05, 0) is 11.6 Å². The molecule has 0 spiro atoms. The third-order valence-electron chi connectivity index (χ3n) is 1.97. The number of benzene rings is 1. The normalized spacial score (nSPS) is 10.3. The standard InChI is InChI=1S/C10H6BrNOS/c11-8-2-1-6(3-4-12)10-7(8)5-9(13)14-10/h1-2,5,13H,3H2. The van der Waals surface area contributed by atoms with Gasteiger partial charge >= 0.3 is 0 Å². The van der Waals surface area contributed by atoms with Gasteiger partial charge in [0.2, 0.25) is 0 Å². The second kappa shape index (κ2) is 3.60. The first-order valence-electron chi connectivity index (χ1n) is 3.99. The van der Waals surface area contributed by atoms with Gasteiger partial charge in [0.1, 0.15) is 0 Å². The maximum absolute atomic E-state index is 9.39. The number of fused-ring (bicyclic) bond motifs is 1. The molecule has 0 saturated heterocycles. The monoisotopic (exact) mass is 267 g/mol. The van der Waals surface area contributed by atoms with Gasteiger partial charge in [-0.1, -0.05) is 33.3 Å². The Morgan fingerprint density at radius 2 is 2.29 bits per heavy atom. The molecule has 4 heteroatoms. The molecular formula is C10H6BrNOS. The summed E-state index contributed by atoms with van der Waals surface area (Å²) in [6, 6.07) is 7.64. The molecule has 1 aromatic heterocycles. The number of aromatic hydroxyl groups is 1. The van der Waals surface area contributed by atoms with Crippen molar-refractivity contribution in [2.24, 2.45) is 0 Å². The lowest BCUT2D eigenvalue weighted by atomic mass is 10.1. The van der Waals surface area contributed by atoms with Gasteiger partial charge in [0, 0.05) is 20.6 Å². The van der Waals surface area contributed by atoms with Crippen molar-refractivity contribution in [3.05, 3.63) is 28.2 Å². The first-order valence-corrected chi connectivity index (χ1v) is 5.60. The van der Waals surface area contributed by atoms with Crippen molar-refractivity contribution < 1.29 is 5.11 Å². The van der Waals surface area contributed by atoms with Gasteiger partial charge in [0.25, 0.3) is 0 Å². The van der Waals surface area contributed by atoms with E-state index >= 15 is 0 Å². The molecule has 2 rings (SSSR count). The van der Waals surface area contributed by atoms with Crippen molar-refractivity contribution in [1.29, 1.82) is 5.26 Å². The Morgan fingerprint density at radius 1 is 1.50 bits per heavy atom. The zero-order valence-corrected chi connectivity index (χ0v) is 9.52. The van der Waals surface area contributed by atoms with E-state index in [0.717, 1.165) is 20.1 Å². The summed E-state index contributed by atoms with van der Waals surface area (Å²) in [4.78, 5) is 0. The fraction of sp³-hybridized carbons (Fsp3) is 0.100. The van der Waals surface area contributed by atoms with Crippen LogP contribution in [0.3, 0.4) is 0 Å². The molecule has 1 aromatic carbocycles. The van der Waals surface area contributed by atoms with E-state index in [0.29, 0.717) is 6.42 Å². The van der Waals surface area contributed by atoms with Crippen LogP contribution in [0.15, 0.2) is 22.7 Å². The third-order valence-corrected chi connectivity index (χ3v) is 3.67. The maximum atomic E-state index is 9.39. The highest BCUT2D eigenvalue weighted by Gasteiger charge is 2.08. The number of hydrogen-bond donors (Lipinski definition) is 1. The average molecular weight is 268 g/mol. The summed E-state index contributed by atoms with van der Waals surface area (Å²) in [5.74, 6) is 0. The Hall–Kier alpha value is -1.05. The summed E-state index contributed by atoms with van der Waals surface area (Å²) < 4.78 is 1.93. The summed E-state index contributed by atoms with van der Waals surface area (Å²) in [7, 11) is 0. The van der Waals surface area contributed by atoms with Crippen LogP contribution in [0.5, 0.6) is 5.06 Å². The van der Waals surface area contributed by atoms with Crippen molar-refractivity contribution in [2.45, 2.75) is 6.42 Å². The van der Waals surface area contributed by atoms with E-state index < -0.39 is 0 Å². The molecule has 2 aromatic rings. The molecule has 0 aliphatic rings. The molecule has 2 nitrogen and oxygen atoms in total. The zero-order chi connectivity index (χ0) is 10.1. The van der Waals surface area contributed by atoms with Gasteiger partial charge in [0.05, 0.1) is 12.5 Å². The first kappa shape index (κ1) is 9.50. The maximum Gasteiger partial charge on any atom is 0.172 e. The molecule has 70 valence electrons. The molecule has 1 N–H and O–H groups in total. The van der Waals surface area contributed by atoms with Crippen LogP contribution in [-0.2, 0) is 6.42 Å². The van der Waals surface area contributed by atoms with E-state index in [4.69, 9.17) is 5.26 Å². The van der Waals surface area contributed by atoms with Crippen molar-refractivity contribution in [3.63, 3.8) is 0 Å². The lowest BCUT2D eigenvalue weighted by Gasteiger charge is -1.98. The van der Waals surface area contributed by atoms with Crippen LogP contribution < -0.4 is 0 Å². The average Bonchev–Trinajstić information content (AvgIpc) is 2.53. The largest absolute Gasteiger partial charge is 0.499 e. The fourth-order valence-electron chi connectivity index (χ4n) is 1.36. The van der Waals surface area contributed by atoms with Crippen LogP contribution in [0.4, 0.5) is 0 Å². The van der Waals surface area contributed by atoms with Crippen molar-refractivity contribution in [2.75, 3.05) is 0 Å². The van der Waals surface area contributed by atoms with Crippen LogP contribution in [0.1, 0.15) is 5.56 Å². The van der Waals surface area contributed by atoms with Gasteiger partial charge < -0.3 is 5.11 Å². The minimum Gasteiger partial charge on any atom is -0.499 e. The van der Waals surface area contributed by atoms with E-state index in [1.807, 2.05) is 12.1 Å². The highest BCUT2D eigenvalue weighted by molar-refractivity contribution is 9.10. The van der Waals surface area contributed by atoms with E-state index in [1.165, 1.54) is 11.3 Å². The molecule has 0 saturated carbocycles. The van der Waals surface area contributed by atoms with Crippen LogP contribution in [0.2, 0.25) is 0 Å². The first-order chi connectivity index (χ1) is 6.72. The summed E-state index contributed by atoms with van der Waals surface area (Å²) in [5, 5.41) is 19.3. The quantitative estimate of drug-likeness (QED) is 0.861. The molecular weight excluding hydrogens is 262 g/mol. The van der Waals surface area contributed by atoms with Crippen molar-refractivity contribution in [1.82, 2.24) is 0 Å². The highest BCUT2D eigenvalue weighted by atomic mass is 79.9. The predicted molar refractivity (Wildman–Crippen MR) is 60.5 cm³/mol. The summed E-state index contributed by atoms with van der Waals surface area (Å²) in [5.41, 5.74) is 0.969. The van der Waals surface area contributed by atoms with E-state index in [9.17, 15) is 5.11 Å². The van der Waals surface area contributed by atoms with Crippen molar-refractivity contribution >= 4 is 37.4 Å². The predicted octanol–water partition coefficient (Wildman–Crippen LogP) is 3.44. The number of halogens is 1. The van der Waals surface area contributed by atoms with Gasteiger partial charge in [-0.25, -0.2) is 0 Å². The number of hydrogen-bond acceptors (Lipinski definition) is 3. The molecule has 0 atom stereocenters. The minimum absolute atomic E-state index is 0.283. The van der Waals surface area contributed by atoms with Gasteiger partial charge in [-0.15, -0.1) is 0 Å². The second-order valence-corrected chi connectivity index (χ2v) is 4.75. The summed E-state index contributed by atoms with van der Waals surface area (Å²) in [6.07, 6.45) is 0.379. The highest BCUT2D eigenvalue weighted by Crippen LogP contribution is 2.37. The van der Waals surface area contributed by atoms with E-state index in [2.05, 4.69) is 22.0 Å². The Labute approximate surface area is 93.5 Å². The Morgan fingerprint density at radius 3 is 3.00 bits per heavy atom. The Kier molecular flexibility index (Phi) is 2.44. The van der Waals surface area contributed by atoms with Gasteiger partial charge in [0.15, 0.2) is 5.06 Å². The SMILES string of the molecule is N#CCc1ccc(Br)c2cc(O)sc12. The molecule has 0 fully saturated rings. The summed E-state index contributed by atoms with van der Waals surface area (Å²) >= 11 is 4.72. The fourth-order valence-corrected chi connectivity index (χ4v) is 2.87. The second-order valence-electron chi connectivity index (χ2n) is 2.87. The Balaban J connectivity index is 2.75. The number of rotatable bonds is 1. The number of thiophene rings is 1. The minimum atomic E-state index is 0.283. The van der Waals surface area contributed by atoms with Gasteiger partial charge in [-0.3, -0.25) is 0 Å². The molecule has 0 aliphatic carbocycles. The Bertz CT molecular complexity index is 527. The molecule has 1 heterocycles. The number of nitriles is 1. The molecule has 0 amide bonds. The molecule has 0 radical (unpaired) electrons. The van der Waals surface area contributed by atoms with Crippen molar-refractivity contribution in [3.8, 4) is 11.1 Å². The molecule has 0 aliphatic heterocycles. The van der Waals surface area contributed by atoms with E-state index in [1.54, 1.807) is 6.07 Å². The third kappa shape index (κ3) is 1.49. The van der Waals surface area contributed by atoms with E-state index in [-0.39, 0.29) is 5.06 Å². The zero-order valence-electron chi connectivity index (χ0n) is 7.12. The van der Waals surface area contributed by atoms with Crippen LogP contribution in [0, 0.1) is 11.3 Å². The summed E-state index contributed by atoms with van der Waals surface area (Å²) in [6.45, 7) is 0. The van der Waals surface area contributed by atoms with Gasteiger partial charge in [-0.2, -0.15) is 5.26 Å². The molecule has 0 bridgehead atoms. The van der Waals surface area contributed by atoms with Crippen LogP contribution in [-0.4, -0.2) is 5.11 Å². The molecule has 0 unspecified atom stereocenters.